The molecule has 0 aromatic carbocycles. The van der Waals surface area contributed by atoms with Crippen LogP contribution in [0.3, 0.4) is 0 Å². The van der Waals surface area contributed by atoms with Crippen LogP contribution < -0.4 is 5.32 Å². The van der Waals surface area contributed by atoms with Gasteiger partial charge in [0, 0.05) is 25.3 Å². The lowest BCUT2D eigenvalue weighted by molar-refractivity contribution is -0.148. The van der Waals surface area contributed by atoms with Crippen molar-refractivity contribution in [3.63, 3.8) is 0 Å². The SMILES string of the molecule is CCOC(=O)C1COC(=O)N1C1CCN(C(=S)Nc2cccnc2)CC1. The zero-order valence-electron chi connectivity index (χ0n) is 14.6. The van der Waals surface area contributed by atoms with E-state index in [0.717, 1.165) is 5.69 Å². The highest BCUT2D eigenvalue weighted by Gasteiger charge is 2.44. The molecule has 3 heterocycles. The summed E-state index contributed by atoms with van der Waals surface area (Å²) >= 11 is 5.46. The van der Waals surface area contributed by atoms with E-state index in [2.05, 4.69) is 15.2 Å². The second kappa shape index (κ2) is 8.31. The Morgan fingerprint density at radius 2 is 2.23 bits per heavy atom. The minimum absolute atomic E-state index is 0.0544. The van der Waals surface area contributed by atoms with Crippen molar-refractivity contribution in [3.8, 4) is 0 Å². The standard InChI is InChI=1S/C17H22N4O4S/c1-2-24-15(22)14-11-25-17(23)21(14)13-5-8-20(9-6-13)16(26)19-12-4-3-7-18-10-12/h3-4,7,10,13-14H,2,5-6,8-9,11H2,1H3,(H,19,26). The van der Waals surface area contributed by atoms with E-state index in [-0.39, 0.29) is 19.3 Å². The van der Waals surface area contributed by atoms with Gasteiger partial charge in [0.2, 0.25) is 0 Å². The molecule has 1 atom stereocenters. The maximum atomic E-state index is 12.1. The summed E-state index contributed by atoms with van der Waals surface area (Å²) in [7, 11) is 0. The third-order valence-corrected chi connectivity index (χ3v) is 4.89. The Balaban J connectivity index is 1.56. The van der Waals surface area contributed by atoms with Crippen molar-refractivity contribution >= 4 is 35.1 Å². The Morgan fingerprint density at radius 1 is 1.46 bits per heavy atom. The van der Waals surface area contributed by atoms with E-state index >= 15 is 0 Å². The van der Waals surface area contributed by atoms with Crippen LogP contribution in [0.25, 0.3) is 0 Å². The molecule has 1 amide bonds. The van der Waals surface area contributed by atoms with Crippen molar-refractivity contribution in [1.82, 2.24) is 14.8 Å². The zero-order chi connectivity index (χ0) is 18.5. The second-order valence-corrected chi connectivity index (χ2v) is 6.53. The number of anilines is 1. The van der Waals surface area contributed by atoms with Crippen LogP contribution in [0.1, 0.15) is 19.8 Å². The first-order chi connectivity index (χ1) is 12.6. The number of pyridine rings is 1. The van der Waals surface area contributed by atoms with Crippen LogP contribution in [0.5, 0.6) is 0 Å². The normalized spacial score (nSPS) is 20.7. The summed E-state index contributed by atoms with van der Waals surface area (Å²) in [4.78, 5) is 31.8. The number of cyclic esters (lactones) is 1. The number of likely N-dealkylation sites (tertiary alicyclic amines) is 1. The summed E-state index contributed by atoms with van der Waals surface area (Å²) in [6, 6.07) is 3.03. The third-order valence-electron chi connectivity index (χ3n) is 4.53. The smallest absolute Gasteiger partial charge is 0.410 e. The number of rotatable bonds is 4. The molecule has 0 spiro atoms. The molecule has 2 aliphatic heterocycles. The number of amides is 1. The maximum absolute atomic E-state index is 12.1. The Labute approximate surface area is 157 Å². The molecule has 0 bridgehead atoms. The maximum Gasteiger partial charge on any atom is 0.410 e. The molecule has 2 fully saturated rings. The molecular weight excluding hydrogens is 356 g/mol. The van der Waals surface area contributed by atoms with Gasteiger partial charge in [0.25, 0.3) is 0 Å². The van der Waals surface area contributed by atoms with E-state index in [1.165, 1.54) is 4.90 Å². The van der Waals surface area contributed by atoms with Crippen LogP contribution in [0.4, 0.5) is 10.5 Å². The lowest BCUT2D eigenvalue weighted by Crippen LogP contribution is -2.52. The van der Waals surface area contributed by atoms with Gasteiger partial charge in [-0.15, -0.1) is 0 Å². The Hall–Kier alpha value is -2.42. The molecule has 0 saturated carbocycles. The summed E-state index contributed by atoms with van der Waals surface area (Å²) in [5.41, 5.74) is 0.838. The van der Waals surface area contributed by atoms with Crippen LogP contribution in [-0.2, 0) is 14.3 Å². The lowest BCUT2D eigenvalue weighted by atomic mass is 10.0. The summed E-state index contributed by atoms with van der Waals surface area (Å²) in [6.45, 7) is 3.46. The topological polar surface area (TPSA) is 84.0 Å². The third kappa shape index (κ3) is 4.04. The zero-order valence-corrected chi connectivity index (χ0v) is 15.4. The van der Waals surface area contributed by atoms with Gasteiger partial charge in [0.15, 0.2) is 11.2 Å². The molecule has 1 aromatic heterocycles. The highest BCUT2D eigenvalue weighted by Crippen LogP contribution is 2.25. The average molecular weight is 378 g/mol. The predicted octanol–water partition coefficient (Wildman–Crippen LogP) is 1.63. The Bertz CT molecular complexity index is 664. The first-order valence-corrected chi connectivity index (χ1v) is 9.08. The van der Waals surface area contributed by atoms with Crippen LogP contribution >= 0.6 is 12.2 Å². The number of carbonyl (C=O) groups excluding carboxylic acids is 2. The number of thiocarbonyl (C=S) groups is 1. The van der Waals surface area contributed by atoms with Gasteiger partial charge in [0.1, 0.15) is 6.61 Å². The molecule has 1 aromatic rings. The fraction of sp³-hybridized carbons (Fsp3) is 0.529. The number of carbonyl (C=O) groups is 2. The number of hydrogen-bond acceptors (Lipinski definition) is 6. The molecular formula is C17H22N4O4S. The second-order valence-electron chi connectivity index (χ2n) is 6.14. The van der Waals surface area contributed by atoms with E-state index in [9.17, 15) is 9.59 Å². The highest BCUT2D eigenvalue weighted by atomic mass is 32.1. The van der Waals surface area contributed by atoms with E-state index in [1.54, 1.807) is 19.3 Å². The van der Waals surface area contributed by atoms with Crippen molar-refractivity contribution in [2.45, 2.75) is 31.8 Å². The fourth-order valence-corrected chi connectivity index (χ4v) is 3.54. The molecule has 0 radical (unpaired) electrons. The molecule has 3 rings (SSSR count). The van der Waals surface area contributed by atoms with Gasteiger partial charge >= 0.3 is 12.1 Å². The van der Waals surface area contributed by atoms with Gasteiger partial charge in [-0.05, 0) is 44.1 Å². The first kappa shape index (κ1) is 18.4. The van der Waals surface area contributed by atoms with E-state index in [1.807, 2.05) is 12.1 Å². The Morgan fingerprint density at radius 3 is 2.88 bits per heavy atom. The summed E-state index contributed by atoms with van der Waals surface area (Å²) in [5.74, 6) is -0.408. The van der Waals surface area contributed by atoms with Gasteiger partial charge in [-0.3, -0.25) is 9.88 Å². The molecule has 8 nitrogen and oxygen atoms in total. The van der Waals surface area contributed by atoms with Crippen molar-refractivity contribution in [2.75, 3.05) is 31.6 Å². The minimum atomic E-state index is -0.653. The lowest BCUT2D eigenvalue weighted by Gasteiger charge is -2.38. The van der Waals surface area contributed by atoms with Crippen molar-refractivity contribution in [2.24, 2.45) is 0 Å². The number of nitrogens with zero attached hydrogens (tertiary/aromatic N) is 3. The number of hydrogen-bond donors (Lipinski definition) is 1. The van der Waals surface area contributed by atoms with Gasteiger partial charge in [-0.2, -0.15) is 0 Å². The molecule has 26 heavy (non-hydrogen) atoms. The van der Waals surface area contributed by atoms with E-state index in [4.69, 9.17) is 21.7 Å². The number of nitrogens with one attached hydrogen (secondary N) is 1. The predicted molar refractivity (Wildman–Crippen MR) is 98.7 cm³/mol. The average Bonchev–Trinajstić information content (AvgIpc) is 3.04. The quantitative estimate of drug-likeness (QED) is 0.625. The summed E-state index contributed by atoms with van der Waals surface area (Å²) in [5, 5.41) is 3.79. The monoisotopic (exact) mass is 378 g/mol. The summed E-state index contributed by atoms with van der Waals surface area (Å²) in [6.07, 6.45) is 4.38. The van der Waals surface area contributed by atoms with Crippen LogP contribution in [0.15, 0.2) is 24.5 Å². The van der Waals surface area contributed by atoms with Gasteiger partial charge < -0.3 is 19.7 Å². The number of ether oxygens (including phenoxy) is 2. The first-order valence-electron chi connectivity index (χ1n) is 8.67. The van der Waals surface area contributed by atoms with Crippen LogP contribution in [0, 0.1) is 0 Å². The molecule has 2 aliphatic rings. The largest absolute Gasteiger partial charge is 0.464 e. The highest BCUT2D eigenvalue weighted by molar-refractivity contribution is 7.80. The number of esters is 1. The minimum Gasteiger partial charge on any atom is -0.464 e. The van der Waals surface area contributed by atoms with Crippen molar-refractivity contribution < 1.29 is 19.1 Å². The number of piperidine rings is 1. The van der Waals surface area contributed by atoms with Gasteiger partial charge in [-0.1, -0.05) is 0 Å². The van der Waals surface area contributed by atoms with E-state index in [0.29, 0.717) is 31.0 Å². The molecule has 1 unspecified atom stereocenters. The fourth-order valence-electron chi connectivity index (χ4n) is 3.24. The van der Waals surface area contributed by atoms with Crippen molar-refractivity contribution in [3.05, 3.63) is 24.5 Å². The Kier molecular flexibility index (Phi) is 5.87. The van der Waals surface area contributed by atoms with Crippen molar-refractivity contribution in [1.29, 1.82) is 0 Å². The van der Waals surface area contributed by atoms with Crippen LogP contribution in [-0.4, -0.2) is 70.3 Å². The molecule has 2 saturated heterocycles. The molecule has 9 heteroatoms. The van der Waals surface area contributed by atoms with Crippen LogP contribution in [0.2, 0.25) is 0 Å². The molecule has 0 aliphatic carbocycles. The van der Waals surface area contributed by atoms with Gasteiger partial charge in [0.05, 0.1) is 18.5 Å². The van der Waals surface area contributed by atoms with Gasteiger partial charge in [-0.25, -0.2) is 9.59 Å². The number of aromatic nitrogens is 1. The summed E-state index contributed by atoms with van der Waals surface area (Å²) < 4.78 is 10.1. The molecule has 140 valence electrons. The molecule has 1 N–H and O–H groups in total. The van der Waals surface area contributed by atoms with E-state index < -0.39 is 18.1 Å².